The molecule has 0 atom stereocenters. The second kappa shape index (κ2) is 7.13. The van der Waals surface area contributed by atoms with Gasteiger partial charge in [0.05, 0.1) is 4.90 Å². The average Bonchev–Trinajstić information content (AvgIpc) is 2.63. The highest BCUT2D eigenvalue weighted by Gasteiger charge is 2.31. The number of amides is 1. The van der Waals surface area contributed by atoms with E-state index in [-0.39, 0.29) is 4.90 Å². The first-order chi connectivity index (χ1) is 12.4. The minimum atomic E-state index is -3.79. The van der Waals surface area contributed by atoms with Crippen molar-refractivity contribution < 1.29 is 17.6 Å². The smallest absolute Gasteiger partial charge is 0.265 e. The van der Waals surface area contributed by atoms with Crippen molar-refractivity contribution in [1.82, 2.24) is 4.72 Å². The van der Waals surface area contributed by atoms with Crippen molar-refractivity contribution in [2.45, 2.75) is 50.2 Å². The lowest BCUT2D eigenvalue weighted by Gasteiger charge is -2.28. The van der Waals surface area contributed by atoms with Crippen LogP contribution in [0.4, 0.5) is 0 Å². The van der Waals surface area contributed by atoms with Gasteiger partial charge in [0, 0.05) is 17.6 Å². The third-order valence-electron chi connectivity index (χ3n) is 5.57. The average molecular weight is 392 g/mol. The van der Waals surface area contributed by atoms with E-state index in [1.165, 1.54) is 0 Å². The summed E-state index contributed by atoms with van der Waals surface area (Å²) in [5.74, 6) is -0.564. The third-order valence-corrected chi connectivity index (χ3v) is 11.6. The molecule has 0 fully saturated rings. The Balaban J connectivity index is 1.97. The van der Waals surface area contributed by atoms with Gasteiger partial charge in [0.25, 0.3) is 15.9 Å². The molecule has 26 heavy (non-hydrogen) atoms. The highest BCUT2D eigenvalue weighted by atomic mass is 32.2. The summed E-state index contributed by atoms with van der Waals surface area (Å²) in [4.78, 5) is 12.3. The molecule has 7 heteroatoms. The van der Waals surface area contributed by atoms with E-state index in [0.717, 1.165) is 29.1 Å². The van der Waals surface area contributed by atoms with E-state index in [1.54, 1.807) is 18.2 Å². The minimum Gasteiger partial charge on any atom is -0.416 e. The molecule has 0 saturated heterocycles. The van der Waals surface area contributed by atoms with E-state index in [9.17, 15) is 13.2 Å². The monoisotopic (exact) mass is 391 g/mol. The Hall–Kier alpha value is -1.70. The predicted molar refractivity (Wildman–Crippen MR) is 105 cm³/mol. The first-order valence-corrected chi connectivity index (χ1v) is 13.1. The van der Waals surface area contributed by atoms with Crippen LogP contribution in [0, 0.1) is 0 Å². The van der Waals surface area contributed by atoms with Gasteiger partial charge in [-0.3, -0.25) is 4.79 Å². The molecule has 1 heterocycles. The molecule has 0 spiro atoms. The van der Waals surface area contributed by atoms with Gasteiger partial charge < -0.3 is 4.43 Å². The van der Waals surface area contributed by atoms with E-state index in [2.05, 4.69) is 25.5 Å². The molecule has 0 aliphatic carbocycles. The lowest BCUT2D eigenvalue weighted by Crippen LogP contribution is -2.36. The number of rotatable bonds is 7. The van der Waals surface area contributed by atoms with Crippen molar-refractivity contribution in [2.24, 2.45) is 0 Å². The number of benzene rings is 2. The Morgan fingerprint density at radius 2 is 1.73 bits per heavy atom. The quantitative estimate of drug-likeness (QED) is 0.728. The summed E-state index contributed by atoms with van der Waals surface area (Å²) in [7, 11) is -5.44. The zero-order valence-electron chi connectivity index (χ0n) is 15.5. The van der Waals surface area contributed by atoms with Crippen molar-refractivity contribution in [3.63, 3.8) is 0 Å². The van der Waals surface area contributed by atoms with Crippen LogP contribution in [0.1, 0.15) is 36.7 Å². The van der Waals surface area contributed by atoms with Gasteiger partial charge in [0.1, 0.15) is 0 Å². The molecule has 0 bridgehead atoms. The zero-order chi connectivity index (χ0) is 18.9. The summed E-state index contributed by atoms with van der Waals surface area (Å²) in [5, 5.41) is 1.34. The van der Waals surface area contributed by atoms with Gasteiger partial charge in [-0.2, -0.15) is 0 Å². The largest absolute Gasteiger partial charge is 0.416 e. The summed E-state index contributed by atoms with van der Waals surface area (Å²) in [6.45, 7) is 7.22. The number of carbonyl (C=O) groups is 1. The van der Waals surface area contributed by atoms with Gasteiger partial charge in [-0.05, 0) is 47.6 Å². The molecule has 140 valence electrons. The van der Waals surface area contributed by atoms with Crippen molar-refractivity contribution in [1.29, 1.82) is 0 Å². The van der Waals surface area contributed by atoms with Crippen LogP contribution < -0.4 is 4.72 Å². The second-order valence-electron chi connectivity index (χ2n) is 6.73. The molecule has 2 aromatic rings. The summed E-state index contributed by atoms with van der Waals surface area (Å²) in [5.41, 5.74) is 1.43. The summed E-state index contributed by atoms with van der Waals surface area (Å²) < 4.78 is 33.0. The highest BCUT2D eigenvalue weighted by molar-refractivity contribution is 7.90. The minimum absolute atomic E-state index is 0.173. The van der Waals surface area contributed by atoms with E-state index >= 15 is 0 Å². The second-order valence-corrected chi connectivity index (χ2v) is 13.2. The van der Waals surface area contributed by atoms with Gasteiger partial charge in [0.2, 0.25) is 0 Å². The molecule has 2 aromatic carbocycles. The van der Waals surface area contributed by atoms with Crippen LogP contribution in [0.15, 0.2) is 35.2 Å². The first-order valence-electron chi connectivity index (χ1n) is 9.13. The molecule has 0 unspecified atom stereocenters. The molecule has 0 radical (unpaired) electrons. The maximum absolute atomic E-state index is 12.3. The SMILES string of the molecule is CC[Si](CC)(CC)OCCc1ccc2c3c(cccc13)C(=O)NS2(=O)=O. The molecule has 1 aliphatic heterocycles. The van der Waals surface area contributed by atoms with E-state index in [4.69, 9.17) is 4.43 Å². The van der Waals surface area contributed by atoms with Crippen LogP contribution in [-0.2, 0) is 20.9 Å². The predicted octanol–water partition coefficient (Wildman–Crippen LogP) is 3.84. The highest BCUT2D eigenvalue weighted by Crippen LogP contribution is 2.33. The fraction of sp³-hybridized carbons (Fsp3) is 0.421. The molecule has 3 rings (SSSR count). The summed E-state index contributed by atoms with van der Waals surface area (Å²) in [6, 6.07) is 12.1. The number of hydrogen-bond donors (Lipinski definition) is 1. The molecule has 1 amide bonds. The van der Waals surface area contributed by atoms with Gasteiger partial charge in [-0.1, -0.05) is 39.0 Å². The summed E-state index contributed by atoms with van der Waals surface area (Å²) >= 11 is 0. The Kier molecular flexibility index (Phi) is 5.23. The molecular weight excluding hydrogens is 366 g/mol. The zero-order valence-corrected chi connectivity index (χ0v) is 17.3. The van der Waals surface area contributed by atoms with Crippen LogP contribution in [0.25, 0.3) is 10.8 Å². The van der Waals surface area contributed by atoms with Gasteiger partial charge in [-0.15, -0.1) is 0 Å². The van der Waals surface area contributed by atoms with Crippen LogP contribution in [0.3, 0.4) is 0 Å². The Bertz CT molecular complexity index is 943. The molecule has 0 saturated carbocycles. The van der Waals surface area contributed by atoms with Crippen molar-refractivity contribution in [3.05, 3.63) is 41.5 Å². The topological polar surface area (TPSA) is 72.5 Å². The van der Waals surface area contributed by atoms with Crippen molar-refractivity contribution in [2.75, 3.05) is 6.61 Å². The molecular formula is C19H25NO4SSi. The number of nitrogens with one attached hydrogen (secondary N) is 1. The Morgan fingerprint density at radius 3 is 2.38 bits per heavy atom. The van der Waals surface area contributed by atoms with Crippen molar-refractivity contribution >= 4 is 35.0 Å². The summed E-state index contributed by atoms with van der Waals surface area (Å²) in [6.07, 6.45) is 0.705. The maximum Gasteiger partial charge on any atom is 0.265 e. The standard InChI is InChI=1S/C19H25NO4SSi/c1-4-26(5-2,6-3)24-13-12-14-10-11-17-18-15(14)8-7-9-16(18)19(21)20-25(17,22)23/h7-11H,4-6,12-13H2,1-3H3,(H,20,21). The normalized spacial score (nSPS) is 15.9. The lowest BCUT2D eigenvalue weighted by atomic mass is 9.98. The fourth-order valence-electron chi connectivity index (χ4n) is 3.73. The molecule has 1 N–H and O–H groups in total. The van der Waals surface area contributed by atoms with E-state index in [1.807, 2.05) is 12.1 Å². The number of carbonyl (C=O) groups excluding carboxylic acids is 1. The van der Waals surface area contributed by atoms with Crippen molar-refractivity contribution in [3.8, 4) is 0 Å². The molecule has 0 aromatic heterocycles. The van der Waals surface area contributed by atoms with E-state index < -0.39 is 24.2 Å². The number of hydrogen-bond acceptors (Lipinski definition) is 4. The van der Waals surface area contributed by atoms with Gasteiger partial charge >= 0.3 is 0 Å². The Labute approximate surface area is 155 Å². The van der Waals surface area contributed by atoms with Crippen LogP contribution in [0.5, 0.6) is 0 Å². The maximum atomic E-state index is 12.3. The van der Waals surface area contributed by atoms with Crippen LogP contribution in [0.2, 0.25) is 18.1 Å². The third kappa shape index (κ3) is 3.19. The van der Waals surface area contributed by atoms with E-state index in [0.29, 0.717) is 24.0 Å². The first kappa shape index (κ1) is 19.1. The van der Waals surface area contributed by atoms with Gasteiger partial charge in [-0.25, -0.2) is 13.1 Å². The van der Waals surface area contributed by atoms with Gasteiger partial charge in [0.15, 0.2) is 8.32 Å². The lowest BCUT2D eigenvalue weighted by molar-refractivity contribution is 0.0981. The van der Waals surface area contributed by atoms with Crippen LogP contribution >= 0.6 is 0 Å². The Morgan fingerprint density at radius 1 is 1.04 bits per heavy atom. The van der Waals surface area contributed by atoms with Crippen LogP contribution in [-0.4, -0.2) is 29.2 Å². The number of sulfonamides is 1. The fourth-order valence-corrected chi connectivity index (χ4v) is 7.58. The molecule has 1 aliphatic rings. The molecule has 5 nitrogen and oxygen atoms in total.